The van der Waals surface area contributed by atoms with Gasteiger partial charge in [0.2, 0.25) is 0 Å². The van der Waals surface area contributed by atoms with E-state index >= 15 is 0 Å². The maximum absolute atomic E-state index is 5.97. The number of rotatable bonds is 2. The Morgan fingerprint density at radius 2 is 1.62 bits per heavy atom. The Morgan fingerprint density at radius 1 is 1.00 bits per heavy atom. The maximum atomic E-state index is 5.97. The Kier molecular flexibility index (Phi) is 3.28. The molecule has 0 amide bonds. The van der Waals surface area contributed by atoms with E-state index in [4.69, 9.17) is 17.3 Å². The molecule has 1 unspecified atom stereocenters. The summed E-state index contributed by atoms with van der Waals surface area (Å²) in [7, 11) is 0. The highest BCUT2D eigenvalue weighted by molar-refractivity contribution is 6.30. The standard InChI is InChI=1S/C14H14ClN/c1-10(16)11-4-2-5-12(8-11)13-6-3-7-14(15)9-13/h2-10H,16H2,1H3. The van der Waals surface area contributed by atoms with Gasteiger partial charge in [-0.3, -0.25) is 0 Å². The largest absolute Gasteiger partial charge is 0.324 e. The molecule has 0 radical (unpaired) electrons. The first-order valence-corrected chi connectivity index (χ1v) is 5.66. The van der Waals surface area contributed by atoms with Gasteiger partial charge in [0, 0.05) is 11.1 Å². The molecular formula is C14H14ClN. The first-order valence-electron chi connectivity index (χ1n) is 5.28. The van der Waals surface area contributed by atoms with Gasteiger partial charge < -0.3 is 5.73 Å². The van der Waals surface area contributed by atoms with Crippen molar-refractivity contribution in [1.29, 1.82) is 0 Å². The van der Waals surface area contributed by atoms with Crippen LogP contribution >= 0.6 is 11.6 Å². The van der Waals surface area contributed by atoms with E-state index in [1.807, 2.05) is 43.3 Å². The zero-order valence-electron chi connectivity index (χ0n) is 9.15. The summed E-state index contributed by atoms with van der Waals surface area (Å²) in [6.45, 7) is 1.98. The average Bonchev–Trinajstić information content (AvgIpc) is 2.29. The van der Waals surface area contributed by atoms with Gasteiger partial charge in [-0.1, -0.05) is 41.9 Å². The average molecular weight is 232 g/mol. The van der Waals surface area contributed by atoms with Crippen LogP contribution in [0.3, 0.4) is 0 Å². The van der Waals surface area contributed by atoms with Crippen LogP contribution in [-0.2, 0) is 0 Å². The number of hydrogen-bond donors (Lipinski definition) is 1. The molecule has 0 bridgehead atoms. The molecule has 1 atom stereocenters. The lowest BCUT2D eigenvalue weighted by Crippen LogP contribution is -2.04. The van der Waals surface area contributed by atoms with Crippen LogP contribution in [0.25, 0.3) is 11.1 Å². The summed E-state index contributed by atoms with van der Waals surface area (Å²) >= 11 is 5.97. The lowest BCUT2D eigenvalue weighted by molar-refractivity contribution is 0.819. The third kappa shape index (κ3) is 2.43. The molecule has 0 fully saturated rings. The number of halogens is 1. The quantitative estimate of drug-likeness (QED) is 0.830. The van der Waals surface area contributed by atoms with E-state index in [2.05, 4.69) is 12.1 Å². The normalized spacial score (nSPS) is 12.4. The highest BCUT2D eigenvalue weighted by Crippen LogP contribution is 2.24. The molecule has 0 saturated carbocycles. The molecule has 0 saturated heterocycles. The monoisotopic (exact) mass is 231 g/mol. The Balaban J connectivity index is 2.44. The van der Waals surface area contributed by atoms with Crippen LogP contribution in [-0.4, -0.2) is 0 Å². The Labute approximate surface area is 101 Å². The van der Waals surface area contributed by atoms with Crippen molar-refractivity contribution in [3.8, 4) is 11.1 Å². The van der Waals surface area contributed by atoms with Crippen LogP contribution in [0.1, 0.15) is 18.5 Å². The molecule has 2 aromatic carbocycles. The van der Waals surface area contributed by atoms with Crippen LogP contribution in [0.4, 0.5) is 0 Å². The summed E-state index contributed by atoms with van der Waals surface area (Å²) in [4.78, 5) is 0. The third-order valence-electron chi connectivity index (χ3n) is 2.57. The van der Waals surface area contributed by atoms with Gasteiger partial charge in [-0.05, 0) is 41.8 Å². The first kappa shape index (κ1) is 11.2. The van der Waals surface area contributed by atoms with Gasteiger partial charge in [-0.2, -0.15) is 0 Å². The molecule has 2 aromatic rings. The van der Waals surface area contributed by atoms with Crippen molar-refractivity contribution in [3.05, 3.63) is 59.1 Å². The third-order valence-corrected chi connectivity index (χ3v) is 2.81. The highest BCUT2D eigenvalue weighted by atomic mass is 35.5. The second kappa shape index (κ2) is 4.69. The van der Waals surface area contributed by atoms with Gasteiger partial charge >= 0.3 is 0 Å². The second-order valence-electron chi connectivity index (χ2n) is 3.92. The van der Waals surface area contributed by atoms with Crippen LogP contribution in [0.2, 0.25) is 5.02 Å². The summed E-state index contributed by atoms with van der Waals surface area (Å²) in [5.41, 5.74) is 9.27. The second-order valence-corrected chi connectivity index (χ2v) is 4.36. The van der Waals surface area contributed by atoms with Gasteiger partial charge in [0.05, 0.1) is 0 Å². The van der Waals surface area contributed by atoms with Crippen molar-refractivity contribution in [2.75, 3.05) is 0 Å². The van der Waals surface area contributed by atoms with E-state index in [0.29, 0.717) is 0 Å². The molecule has 0 aromatic heterocycles. The van der Waals surface area contributed by atoms with Crippen LogP contribution < -0.4 is 5.73 Å². The van der Waals surface area contributed by atoms with Gasteiger partial charge in [0.15, 0.2) is 0 Å². The predicted molar refractivity (Wildman–Crippen MR) is 69.5 cm³/mol. The van der Waals surface area contributed by atoms with Crippen molar-refractivity contribution in [2.45, 2.75) is 13.0 Å². The van der Waals surface area contributed by atoms with E-state index in [1.165, 1.54) is 0 Å². The van der Waals surface area contributed by atoms with Crippen molar-refractivity contribution >= 4 is 11.6 Å². The molecule has 0 aliphatic heterocycles. The van der Waals surface area contributed by atoms with Gasteiger partial charge in [0.25, 0.3) is 0 Å². The summed E-state index contributed by atoms with van der Waals surface area (Å²) in [5, 5.41) is 0.753. The van der Waals surface area contributed by atoms with Crippen molar-refractivity contribution in [3.63, 3.8) is 0 Å². The number of benzene rings is 2. The molecule has 16 heavy (non-hydrogen) atoms. The molecule has 0 aliphatic rings. The predicted octanol–water partition coefficient (Wildman–Crippen LogP) is 4.03. The van der Waals surface area contributed by atoms with E-state index in [9.17, 15) is 0 Å². The van der Waals surface area contributed by atoms with Crippen molar-refractivity contribution < 1.29 is 0 Å². The minimum Gasteiger partial charge on any atom is -0.324 e. The van der Waals surface area contributed by atoms with Crippen LogP contribution in [0.5, 0.6) is 0 Å². The van der Waals surface area contributed by atoms with Crippen LogP contribution in [0, 0.1) is 0 Å². The van der Waals surface area contributed by atoms with E-state index in [0.717, 1.165) is 21.7 Å². The summed E-state index contributed by atoms with van der Waals surface area (Å²) < 4.78 is 0. The fourth-order valence-electron chi connectivity index (χ4n) is 1.67. The zero-order chi connectivity index (χ0) is 11.5. The molecule has 2 N–H and O–H groups in total. The van der Waals surface area contributed by atoms with Gasteiger partial charge in [-0.15, -0.1) is 0 Å². The number of nitrogens with two attached hydrogens (primary N) is 1. The molecule has 1 nitrogen and oxygen atoms in total. The molecular weight excluding hydrogens is 218 g/mol. The smallest absolute Gasteiger partial charge is 0.0412 e. The summed E-state index contributed by atoms with van der Waals surface area (Å²) in [6.07, 6.45) is 0. The molecule has 0 spiro atoms. The fraction of sp³-hybridized carbons (Fsp3) is 0.143. The number of hydrogen-bond acceptors (Lipinski definition) is 1. The molecule has 2 rings (SSSR count). The van der Waals surface area contributed by atoms with E-state index in [-0.39, 0.29) is 6.04 Å². The Bertz CT molecular complexity index is 492. The Morgan fingerprint density at radius 3 is 2.25 bits per heavy atom. The van der Waals surface area contributed by atoms with E-state index in [1.54, 1.807) is 0 Å². The van der Waals surface area contributed by atoms with Gasteiger partial charge in [0.1, 0.15) is 0 Å². The lowest BCUT2D eigenvalue weighted by atomic mass is 10.0. The minimum absolute atomic E-state index is 0.0548. The highest BCUT2D eigenvalue weighted by Gasteiger charge is 2.02. The molecule has 2 heteroatoms. The molecule has 0 heterocycles. The molecule has 0 aliphatic carbocycles. The SMILES string of the molecule is CC(N)c1cccc(-c2cccc(Cl)c2)c1. The topological polar surface area (TPSA) is 26.0 Å². The fourth-order valence-corrected chi connectivity index (χ4v) is 1.86. The van der Waals surface area contributed by atoms with Crippen molar-refractivity contribution in [2.24, 2.45) is 5.73 Å². The minimum atomic E-state index is 0.0548. The maximum Gasteiger partial charge on any atom is 0.0412 e. The van der Waals surface area contributed by atoms with E-state index < -0.39 is 0 Å². The van der Waals surface area contributed by atoms with Gasteiger partial charge in [-0.25, -0.2) is 0 Å². The zero-order valence-corrected chi connectivity index (χ0v) is 9.91. The van der Waals surface area contributed by atoms with Crippen molar-refractivity contribution in [1.82, 2.24) is 0 Å². The summed E-state index contributed by atoms with van der Waals surface area (Å²) in [6, 6.07) is 16.1. The first-order chi connectivity index (χ1) is 7.66. The molecule has 82 valence electrons. The lowest BCUT2D eigenvalue weighted by Gasteiger charge is -2.08. The summed E-state index contributed by atoms with van der Waals surface area (Å²) in [5.74, 6) is 0. The Hall–Kier alpha value is -1.31. The van der Waals surface area contributed by atoms with Crippen LogP contribution in [0.15, 0.2) is 48.5 Å².